The average Bonchev–Trinajstić information content (AvgIpc) is 2.86. The number of benzene rings is 2. The molecule has 0 aliphatic rings. The number of anilines is 1. The summed E-state index contributed by atoms with van der Waals surface area (Å²) in [6, 6.07) is 17.2. The van der Waals surface area contributed by atoms with Crippen LogP contribution in [0.5, 0.6) is 0 Å². The lowest BCUT2D eigenvalue weighted by Crippen LogP contribution is -2.28. The molecule has 3 N–H and O–H groups in total. The van der Waals surface area contributed by atoms with Gasteiger partial charge in [-0.05, 0) is 55.0 Å². The van der Waals surface area contributed by atoms with E-state index >= 15 is 0 Å². The first kappa shape index (κ1) is 24.9. The fourth-order valence-corrected chi connectivity index (χ4v) is 3.83. The number of nitrogen functional groups attached to an aromatic ring is 1. The number of nitrogens with one attached hydrogen (secondary N) is 1. The van der Waals surface area contributed by atoms with Gasteiger partial charge in [-0.3, -0.25) is 9.36 Å². The first-order valence-electron chi connectivity index (χ1n) is 10.5. The van der Waals surface area contributed by atoms with Crippen LogP contribution in [0.2, 0.25) is 5.02 Å². The van der Waals surface area contributed by atoms with Crippen LogP contribution in [0.15, 0.2) is 65.5 Å². The van der Waals surface area contributed by atoms with Gasteiger partial charge in [0.2, 0.25) is 0 Å². The molecule has 11 heteroatoms. The zero-order valence-electron chi connectivity index (χ0n) is 18.8. The predicted molar refractivity (Wildman–Crippen MR) is 130 cm³/mol. The van der Waals surface area contributed by atoms with Crippen molar-refractivity contribution in [2.45, 2.75) is 19.5 Å². The Morgan fingerprint density at radius 3 is 2.28 bits per heavy atom. The Kier molecular flexibility index (Phi) is 6.79. The first-order valence-corrected chi connectivity index (χ1v) is 10.9. The smallest absolute Gasteiger partial charge is 0.307 e. The molecule has 0 unspecified atom stereocenters. The van der Waals surface area contributed by atoms with Crippen LogP contribution in [0.3, 0.4) is 0 Å². The molecule has 36 heavy (non-hydrogen) atoms. The molecule has 0 fully saturated rings. The summed E-state index contributed by atoms with van der Waals surface area (Å²) in [4.78, 5) is 21.8. The Morgan fingerprint density at radius 2 is 1.72 bits per heavy atom. The highest BCUT2D eigenvalue weighted by Crippen LogP contribution is 2.31. The maximum atomic E-state index is 13.7. The monoisotopic (exact) mass is 510 g/mol. The molecule has 182 valence electrons. The number of pyridine rings is 1. The van der Waals surface area contributed by atoms with Crippen LogP contribution in [0.4, 0.5) is 19.0 Å². The minimum Gasteiger partial charge on any atom is -0.307 e. The van der Waals surface area contributed by atoms with Crippen molar-refractivity contribution in [2.75, 3.05) is 5.43 Å². The summed E-state index contributed by atoms with van der Waals surface area (Å²) < 4.78 is 40.5. The number of hydrazine groups is 1. The van der Waals surface area contributed by atoms with Crippen LogP contribution in [-0.2, 0) is 12.6 Å². The van der Waals surface area contributed by atoms with Gasteiger partial charge in [0.15, 0.2) is 5.82 Å². The van der Waals surface area contributed by atoms with Crippen molar-refractivity contribution in [3.05, 3.63) is 104 Å². The minimum absolute atomic E-state index is 0.0367. The van der Waals surface area contributed by atoms with Gasteiger partial charge in [0.25, 0.3) is 5.56 Å². The molecular formula is C25H18ClF3N6O. The lowest BCUT2D eigenvalue weighted by atomic mass is 10.1. The van der Waals surface area contributed by atoms with Gasteiger partial charge in [-0.15, -0.1) is 0 Å². The van der Waals surface area contributed by atoms with E-state index in [-0.39, 0.29) is 23.6 Å². The normalized spacial score (nSPS) is 11.2. The number of nitrogens with two attached hydrogens (primary N) is 1. The van der Waals surface area contributed by atoms with Crippen molar-refractivity contribution in [2.24, 2.45) is 5.84 Å². The number of aromatic nitrogens is 3. The third-order valence-corrected chi connectivity index (χ3v) is 5.75. The number of hydrogen-bond donors (Lipinski definition) is 2. The summed E-state index contributed by atoms with van der Waals surface area (Å²) in [5, 5.41) is 9.64. The van der Waals surface area contributed by atoms with E-state index in [4.69, 9.17) is 22.7 Å². The van der Waals surface area contributed by atoms with Gasteiger partial charge in [-0.25, -0.2) is 15.8 Å². The molecule has 0 radical (unpaired) electrons. The molecule has 0 saturated carbocycles. The van der Waals surface area contributed by atoms with Crippen molar-refractivity contribution in [3.8, 4) is 23.0 Å². The second kappa shape index (κ2) is 9.81. The van der Waals surface area contributed by atoms with E-state index in [1.807, 2.05) is 6.07 Å². The van der Waals surface area contributed by atoms with Crippen LogP contribution >= 0.6 is 11.6 Å². The highest BCUT2D eigenvalue weighted by Gasteiger charge is 2.32. The number of alkyl halides is 3. The second-order valence-electron chi connectivity index (χ2n) is 7.82. The summed E-state index contributed by atoms with van der Waals surface area (Å²) in [5.41, 5.74) is 3.32. The number of hydrogen-bond acceptors (Lipinski definition) is 6. The maximum absolute atomic E-state index is 13.7. The van der Waals surface area contributed by atoms with Crippen molar-refractivity contribution in [3.63, 3.8) is 0 Å². The minimum atomic E-state index is -4.58. The summed E-state index contributed by atoms with van der Waals surface area (Å²) in [6.45, 7) is 1.44. The van der Waals surface area contributed by atoms with Gasteiger partial charge in [-0.1, -0.05) is 29.8 Å². The SMILES string of the molecule is Cc1nc(C(F)(F)F)ccc1Cc1nc(NN)c(-c2ccc(Cl)cc2)n(-c2ccc(C#N)cc2)c1=O. The second-order valence-corrected chi connectivity index (χ2v) is 8.26. The highest BCUT2D eigenvalue weighted by atomic mass is 35.5. The van der Waals surface area contributed by atoms with Gasteiger partial charge < -0.3 is 5.43 Å². The van der Waals surface area contributed by atoms with Crippen LogP contribution in [0.1, 0.15) is 28.2 Å². The third-order valence-electron chi connectivity index (χ3n) is 5.50. The summed E-state index contributed by atoms with van der Waals surface area (Å²) in [6.07, 6.45) is -4.66. The predicted octanol–water partition coefficient (Wildman–Crippen LogP) is 5.02. The topological polar surface area (TPSA) is 110 Å². The highest BCUT2D eigenvalue weighted by molar-refractivity contribution is 6.30. The van der Waals surface area contributed by atoms with Crippen molar-refractivity contribution in [1.82, 2.24) is 14.5 Å². The zero-order chi connectivity index (χ0) is 26.0. The fraction of sp³-hybridized carbons (Fsp3) is 0.120. The van der Waals surface area contributed by atoms with Crippen LogP contribution in [0, 0.1) is 18.3 Å². The van der Waals surface area contributed by atoms with Gasteiger partial charge >= 0.3 is 6.18 Å². The molecule has 0 saturated heterocycles. The molecule has 0 bridgehead atoms. The summed E-state index contributed by atoms with van der Waals surface area (Å²) in [5.74, 6) is 5.95. The Balaban J connectivity index is 1.93. The van der Waals surface area contributed by atoms with Crippen molar-refractivity contribution >= 4 is 17.4 Å². The summed E-state index contributed by atoms with van der Waals surface area (Å²) in [7, 11) is 0. The van der Waals surface area contributed by atoms with E-state index in [2.05, 4.69) is 15.4 Å². The molecule has 0 aliphatic heterocycles. The molecule has 2 aromatic carbocycles. The molecule has 0 aliphatic carbocycles. The number of aryl methyl sites for hydroxylation is 1. The Labute approximate surface area is 208 Å². The Morgan fingerprint density at radius 1 is 1.06 bits per heavy atom. The molecule has 0 amide bonds. The van der Waals surface area contributed by atoms with E-state index in [1.165, 1.54) is 17.6 Å². The van der Waals surface area contributed by atoms with Crippen molar-refractivity contribution in [1.29, 1.82) is 5.26 Å². The quantitative estimate of drug-likeness (QED) is 0.288. The Hall–Kier alpha value is -4.20. The maximum Gasteiger partial charge on any atom is 0.433 e. The molecule has 2 aromatic heterocycles. The first-order chi connectivity index (χ1) is 17.1. The van der Waals surface area contributed by atoms with E-state index in [1.54, 1.807) is 48.5 Å². The molecule has 2 heterocycles. The van der Waals surface area contributed by atoms with Gasteiger partial charge in [0, 0.05) is 28.4 Å². The van der Waals surface area contributed by atoms with Gasteiger partial charge in [0.1, 0.15) is 17.1 Å². The molecule has 4 rings (SSSR count). The van der Waals surface area contributed by atoms with E-state index in [0.717, 1.165) is 6.07 Å². The van der Waals surface area contributed by atoms with E-state index < -0.39 is 17.4 Å². The largest absolute Gasteiger partial charge is 0.433 e. The van der Waals surface area contributed by atoms with Crippen molar-refractivity contribution < 1.29 is 13.2 Å². The van der Waals surface area contributed by atoms with Crippen LogP contribution in [-0.4, -0.2) is 14.5 Å². The number of rotatable bonds is 5. The lowest BCUT2D eigenvalue weighted by molar-refractivity contribution is -0.141. The van der Waals surface area contributed by atoms with Gasteiger partial charge in [-0.2, -0.15) is 18.4 Å². The third kappa shape index (κ3) is 4.93. The van der Waals surface area contributed by atoms with Gasteiger partial charge in [0.05, 0.1) is 11.6 Å². The van der Waals surface area contributed by atoms with Crippen LogP contribution < -0.4 is 16.8 Å². The van der Waals surface area contributed by atoms with E-state index in [0.29, 0.717) is 33.1 Å². The Bertz CT molecular complexity index is 1520. The summed E-state index contributed by atoms with van der Waals surface area (Å²) >= 11 is 6.03. The molecule has 0 atom stereocenters. The number of nitriles is 1. The molecule has 0 spiro atoms. The molecular weight excluding hydrogens is 493 g/mol. The average molecular weight is 511 g/mol. The zero-order valence-corrected chi connectivity index (χ0v) is 19.5. The molecule has 7 nitrogen and oxygen atoms in total. The lowest BCUT2D eigenvalue weighted by Gasteiger charge is -2.19. The standard InChI is InChI=1S/C25H18ClF3N6O/c1-14-17(6-11-21(32-14)25(27,28)29)12-20-24(36)35(19-9-2-15(13-30)3-10-19)22(23(33-20)34-31)16-4-7-18(26)8-5-16/h2-11,34H,12,31H2,1H3. The van der Waals surface area contributed by atoms with Crippen LogP contribution in [0.25, 0.3) is 16.9 Å². The number of nitrogens with zero attached hydrogens (tertiary/aromatic N) is 4. The fourth-order valence-electron chi connectivity index (χ4n) is 3.71. The van der Waals surface area contributed by atoms with E-state index in [9.17, 15) is 18.0 Å². The number of halogens is 4. The molecule has 4 aromatic rings.